The van der Waals surface area contributed by atoms with E-state index in [4.69, 9.17) is 10.5 Å². The summed E-state index contributed by atoms with van der Waals surface area (Å²) < 4.78 is 19.1. The molecule has 1 aliphatic carbocycles. The van der Waals surface area contributed by atoms with Crippen molar-refractivity contribution in [3.8, 4) is 0 Å². The first-order valence-electron chi connectivity index (χ1n) is 5.82. The number of hydrogen-bond acceptors (Lipinski definition) is 2. The van der Waals surface area contributed by atoms with Gasteiger partial charge in [0.05, 0.1) is 10.1 Å². The Morgan fingerprint density at radius 3 is 2.71 bits per heavy atom. The van der Waals surface area contributed by atoms with Gasteiger partial charge in [-0.3, -0.25) is 0 Å². The van der Waals surface area contributed by atoms with Gasteiger partial charge in [-0.05, 0) is 59.3 Å². The Balaban J connectivity index is 2.07. The van der Waals surface area contributed by atoms with E-state index in [9.17, 15) is 4.39 Å². The van der Waals surface area contributed by atoms with Gasteiger partial charge in [-0.1, -0.05) is 6.07 Å². The quantitative estimate of drug-likeness (QED) is 0.928. The van der Waals surface area contributed by atoms with Crippen molar-refractivity contribution in [2.45, 2.75) is 37.3 Å². The molecule has 0 aromatic heterocycles. The maximum absolute atomic E-state index is 13.1. The summed E-state index contributed by atoms with van der Waals surface area (Å²) in [5.74, 6) is -0.243. The van der Waals surface area contributed by atoms with Gasteiger partial charge in [0.2, 0.25) is 0 Å². The summed E-state index contributed by atoms with van der Waals surface area (Å²) in [7, 11) is 1.72. The fraction of sp³-hybridized carbons (Fsp3) is 0.538. The van der Waals surface area contributed by atoms with Crippen molar-refractivity contribution in [3.05, 3.63) is 34.1 Å². The van der Waals surface area contributed by atoms with Crippen LogP contribution < -0.4 is 5.73 Å². The van der Waals surface area contributed by atoms with E-state index in [1.54, 1.807) is 19.2 Å². The maximum Gasteiger partial charge on any atom is 0.137 e. The van der Waals surface area contributed by atoms with Gasteiger partial charge in [0.1, 0.15) is 5.82 Å². The SMILES string of the molecule is COC1(C(N)Cc2ccc(F)c(Br)c2)CCC1. The Morgan fingerprint density at radius 1 is 1.53 bits per heavy atom. The third kappa shape index (κ3) is 2.54. The van der Waals surface area contributed by atoms with Crippen LogP contribution >= 0.6 is 15.9 Å². The first-order valence-corrected chi connectivity index (χ1v) is 6.61. The molecule has 2 N–H and O–H groups in total. The van der Waals surface area contributed by atoms with Crippen molar-refractivity contribution >= 4 is 15.9 Å². The highest BCUT2D eigenvalue weighted by Gasteiger charge is 2.42. The molecular weight excluding hydrogens is 285 g/mol. The minimum absolute atomic E-state index is 0.0291. The second-order valence-electron chi connectivity index (χ2n) is 4.68. The summed E-state index contributed by atoms with van der Waals surface area (Å²) in [5, 5.41) is 0. The Labute approximate surface area is 109 Å². The summed E-state index contributed by atoms with van der Waals surface area (Å²) in [6.07, 6.45) is 3.93. The lowest BCUT2D eigenvalue weighted by molar-refractivity contribution is -0.0897. The van der Waals surface area contributed by atoms with Crippen molar-refractivity contribution in [2.24, 2.45) is 5.73 Å². The van der Waals surface area contributed by atoms with Gasteiger partial charge in [-0.15, -0.1) is 0 Å². The number of rotatable bonds is 4. The van der Waals surface area contributed by atoms with Crippen LogP contribution in [0.3, 0.4) is 0 Å². The minimum atomic E-state index is -0.243. The molecule has 0 saturated heterocycles. The summed E-state index contributed by atoms with van der Waals surface area (Å²) in [5.41, 5.74) is 7.08. The van der Waals surface area contributed by atoms with E-state index in [2.05, 4.69) is 15.9 Å². The molecule has 1 aromatic rings. The molecule has 1 unspecified atom stereocenters. The third-order valence-electron chi connectivity index (χ3n) is 3.72. The number of benzene rings is 1. The third-order valence-corrected chi connectivity index (χ3v) is 4.33. The molecule has 2 rings (SSSR count). The zero-order valence-electron chi connectivity index (χ0n) is 9.88. The molecule has 0 amide bonds. The highest BCUT2D eigenvalue weighted by Crippen LogP contribution is 2.38. The Hall–Kier alpha value is -0.450. The molecule has 4 heteroatoms. The van der Waals surface area contributed by atoms with E-state index in [0.29, 0.717) is 10.9 Å². The predicted molar refractivity (Wildman–Crippen MR) is 69.4 cm³/mol. The predicted octanol–water partition coefficient (Wildman–Crippen LogP) is 3.03. The van der Waals surface area contributed by atoms with Crippen molar-refractivity contribution in [1.29, 1.82) is 0 Å². The monoisotopic (exact) mass is 301 g/mol. The molecule has 1 aromatic carbocycles. The van der Waals surface area contributed by atoms with Gasteiger partial charge in [0.15, 0.2) is 0 Å². The molecule has 94 valence electrons. The van der Waals surface area contributed by atoms with Crippen LogP contribution in [0.15, 0.2) is 22.7 Å². The number of halogens is 2. The maximum atomic E-state index is 13.1. The Bertz CT molecular complexity index is 401. The van der Waals surface area contributed by atoms with Gasteiger partial charge < -0.3 is 10.5 Å². The molecule has 1 fully saturated rings. The molecule has 1 aliphatic rings. The van der Waals surface area contributed by atoms with E-state index in [-0.39, 0.29) is 17.5 Å². The lowest BCUT2D eigenvalue weighted by Crippen LogP contribution is -2.55. The van der Waals surface area contributed by atoms with Crippen LogP contribution in [0.2, 0.25) is 0 Å². The number of hydrogen-bond donors (Lipinski definition) is 1. The molecule has 2 nitrogen and oxygen atoms in total. The zero-order valence-corrected chi connectivity index (χ0v) is 11.5. The molecule has 1 atom stereocenters. The van der Waals surface area contributed by atoms with Crippen LogP contribution in [0.1, 0.15) is 24.8 Å². The fourth-order valence-electron chi connectivity index (χ4n) is 2.36. The standard InChI is InChI=1S/C13H17BrFNO/c1-17-13(5-2-6-13)12(16)8-9-3-4-11(15)10(14)7-9/h3-4,7,12H,2,5-6,8,16H2,1H3. The van der Waals surface area contributed by atoms with Crippen LogP contribution in [0, 0.1) is 5.82 Å². The molecule has 17 heavy (non-hydrogen) atoms. The van der Waals surface area contributed by atoms with E-state index < -0.39 is 0 Å². The average Bonchev–Trinajstić information content (AvgIpc) is 2.23. The summed E-state index contributed by atoms with van der Waals surface area (Å²) in [6.45, 7) is 0. The van der Waals surface area contributed by atoms with Gasteiger partial charge in [-0.2, -0.15) is 0 Å². The number of methoxy groups -OCH3 is 1. The number of nitrogens with two attached hydrogens (primary N) is 1. The van der Waals surface area contributed by atoms with Crippen molar-refractivity contribution in [3.63, 3.8) is 0 Å². The van der Waals surface area contributed by atoms with E-state index >= 15 is 0 Å². The Kier molecular flexibility index (Phi) is 3.85. The summed E-state index contributed by atoms with van der Waals surface area (Å²) in [4.78, 5) is 0. The minimum Gasteiger partial charge on any atom is -0.377 e. The fourth-order valence-corrected chi connectivity index (χ4v) is 2.78. The first kappa shape index (κ1) is 13.0. The molecule has 0 spiro atoms. The second-order valence-corrected chi connectivity index (χ2v) is 5.54. The molecule has 1 saturated carbocycles. The van der Waals surface area contributed by atoms with Crippen molar-refractivity contribution in [1.82, 2.24) is 0 Å². The van der Waals surface area contributed by atoms with Gasteiger partial charge in [0.25, 0.3) is 0 Å². The molecule has 0 radical (unpaired) electrons. The van der Waals surface area contributed by atoms with Crippen LogP contribution in [0.5, 0.6) is 0 Å². The van der Waals surface area contributed by atoms with Crippen LogP contribution in [-0.2, 0) is 11.2 Å². The largest absolute Gasteiger partial charge is 0.377 e. The Morgan fingerprint density at radius 2 is 2.24 bits per heavy atom. The first-order chi connectivity index (χ1) is 8.07. The lowest BCUT2D eigenvalue weighted by Gasteiger charge is -2.45. The molecular formula is C13H17BrFNO. The highest BCUT2D eigenvalue weighted by atomic mass is 79.9. The van der Waals surface area contributed by atoms with E-state index in [0.717, 1.165) is 18.4 Å². The van der Waals surface area contributed by atoms with Gasteiger partial charge >= 0.3 is 0 Å². The smallest absolute Gasteiger partial charge is 0.137 e. The van der Waals surface area contributed by atoms with Crippen molar-refractivity contribution in [2.75, 3.05) is 7.11 Å². The second kappa shape index (κ2) is 5.04. The average molecular weight is 302 g/mol. The number of ether oxygens (including phenoxy) is 1. The summed E-state index contributed by atoms with van der Waals surface area (Å²) in [6, 6.07) is 5.00. The molecule has 0 heterocycles. The topological polar surface area (TPSA) is 35.2 Å². The molecule has 0 bridgehead atoms. The van der Waals surface area contributed by atoms with Gasteiger partial charge in [-0.25, -0.2) is 4.39 Å². The van der Waals surface area contributed by atoms with Crippen LogP contribution in [-0.4, -0.2) is 18.8 Å². The molecule has 0 aliphatic heterocycles. The van der Waals surface area contributed by atoms with Crippen LogP contribution in [0.4, 0.5) is 4.39 Å². The highest BCUT2D eigenvalue weighted by molar-refractivity contribution is 9.10. The van der Waals surface area contributed by atoms with E-state index in [1.807, 2.05) is 0 Å². The van der Waals surface area contributed by atoms with Gasteiger partial charge in [0, 0.05) is 13.2 Å². The lowest BCUT2D eigenvalue weighted by atomic mass is 9.73. The van der Waals surface area contributed by atoms with Crippen molar-refractivity contribution < 1.29 is 9.13 Å². The van der Waals surface area contributed by atoms with E-state index in [1.165, 1.54) is 12.5 Å². The zero-order chi connectivity index (χ0) is 12.5. The summed E-state index contributed by atoms with van der Waals surface area (Å²) >= 11 is 3.19. The van der Waals surface area contributed by atoms with Crippen LogP contribution in [0.25, 0.3) is 0 Å². The normalized spacial score (nSPS) is 19.8.